The molecule has 0 radical (unpaired) electrons. The van der Waals surface area contributed by atoms with Crippen LogP contribution in [0, 0.1) is 0 Å². The average Bonchev–Trinajstić information content (AvgIpc) is 3.23. The van der Waals surface area contributed by atoms with Crippen LogP contribution in [-0.4, -0.2) is 30.8 Å². The van der Waals surface area contributed by atoms with Crippen molar-refractivity contribution in [3.63, 3.8) is 0 Å². The number of benzene rings is 2. The maximum Gasteiger partial charge on any atom is 0.243 e. The molecule has 0 amide bonds. The van der Waals surface area contributed by atoms with Gasteiger partial charge in [0.1, 0.15) is 5.82 Å². The van der Waals surface area contributed by atoms with Crippen molar-refractivity contribution in [2.24, 2.45) is 0 Å². The van der Waals surface area contributed by atoms with Gasteiger partial charge in [0.2, 0.25) is 10.0 Å². The highest BCUT2D eigenvalue weighted by Gasteiger charge is 2.27. The van der Waals surface area contributed by atoms with Gasteiger partial charge < -0.3 is 5.32 Å². The molecule has 1 saturated heterocycles. The minimum atomic E-state index is -3.41. The van der Waals surface area contributed by atoms with Crippen molar-refractivity contribution in [1.82, 2.24) is 9.29 Å². The Kier molecular flexibility index (Phi) is 4.85. The number of fused-ring (bicyclic) bond motifs is 1. The molecule has 4 rings (SSSR count). The highest BCUT2D eigenvalue weighted by atomic mass is 32.2. The largest absolute Gasteiger partial charge is 0.340 e. The molecule has 0 unspecified atom stereocenters. The molecule has 3 aromatic rings. The van der Waals surface area contributed by atoms with Gasteiger partial charge in [-0.15, -0.1) is 0 Å². The molecule has 1 N–H and O–H groups in total. The molecule has 1 fully saturated rings. The van der Waals surface area contributed by atoms with Crippen molar-refractivity contribution in [2.45, 2.75) is 31.1 Å². The van der Waals surface area contributed by atoms with Crippen molar-refractivity contribution >= 4 is 32.4 Å². The van der Waals surface area contributed by atoms with Gasteiger partial charge in [-0.05, 0) is 67.3 Å². The Hall–Kier alpha value is -2.44. The summed E-state index contributed by atoms with van der Waals surface area (Å²) in [6, 6.07) is 17.2. The van der Waals surface area contributed by atoms with E-state index in [1.807, 2.05) is 24.3 Å². The number of nitrogens with zero attached hydrogens (tertiary/aromatic N) is 2. The predicted molar refractivity (Wildman–Crippen MR) is 109 cm³/mol. The van der Waals surface area contributed by atoms with Crippen molar-refractivity contribution in [3.05, 3.63) is 60.2 Å². The van der Waals surface area contributed by atoms with E-state index in [0.29, 0.717) is 18.0 Å². The van der Waals surface area contributed by atoms with Crippen molar-refractivity contribution < 1.29 is 8.42 Å². The topological polar surface area (TPSA) is 62.3 Å². The second-order valence-corrected chi connectivity index (χ2v) is 8.78. The van der Waals surface area contributed by atoms with E-state index >= 15 is 0 Å². The Morgan fingerprint density at radius 2 is 1.85 bits per heavy atom. The average molecular weight is 382 g/mol. The van der Waals surface area contributed by atoms with Gasteiger partial charge >= 0.3 is 0 Å². The number of hydrogen-bond acceptors (Lipinski definition) is 4. The van der Waals surface area contributed by atoms with Crippen LogP contribution in [0.5, 0.6) is 0 Å². The number of aryl methyl sites for hydroxylation is 1. The third-order valence-electron chi connectivity index (χ3n) is 4.97. The minimum absolute atomic E-state index is 0.343. The molecule has 2 heterocycles. The molecule has 5 nitrogen and oxygen atoms in total. The molecule has 0 aliphatic carbocycles. The third kappa shape index (κ3) is 3.68. The number of anilines is 2. The summed E-state index contributed by atoms with van der Waals surface area (Å²) in [5.41, 5.74) is 3.03. The summed E-state index contributed by atoms with van der Waals surface area (Å²) < 4.78 is 27.0. The van der Waals surface area contributed by atoms with Gasteiger partial charge in [-0.1, -0.05) is 19.1 Å². The number of nitrogens with one attached hydrogen (secondary N) is 1. The van der Waals surface area contributed by atoms with E-state index in [2.05, 4.69) is 29.4 Å². The zero-order valence-corrected chi connectivity index (χ0v) is 16.2. The lowest BCUT2D eigenvalue weighted by Gasteiger charge is -2.16. The summed E-state index contributed by atoms with van der Waals surface area (Å²) in [5.74, 6) is 0.742. The molecule has 140 valence electrons. The van der Waals surface area contributed by atoms with Gasteiger partial charge in [-0.2, -0.15) is 4.31 Å². The van der Waals surface area contributed by atoms with Crippen LogP contribution in [0.4, 0.5) is 11.5 Å². The zero-order valence-electron chi connectivity index (χ0n) is 15.4. The summed E-state index contributed by atoms with van der Waals surface area (Å²) in [6.07, 6.45) is 2.85. The molecule has 1 aliphatic heterocycles. The normalized spacial score (nSPS) is 15.3. The van der Waals surface area contributed by atoms with Crippen LogP contribution < -0.4 is 5.32 Å². The van der Waals surface area contributed by atoms with Gasteiger partial charge in [0, 0.05) is 24.2 Å². The van der Waals surface area contributed by atoms with Crippen LogP contribution in [0.3, 0.4) is 0 Å². The fourth-order valence-corrected chi connectivity index (χ4v) is 4.98. The van der Waals surface area contributed by atoms with E-state index < -0.39 is 10.0 Å². The van der Waals surface area contributed by atoms with Gasteiger partial charge in [-0.25, -0.2) is 13.4 Å². The second kappa shape index (κ2) is 7.29. The summed E-state index contributed by atoms with van der Waals surface area (Å²) in [7, 11) is -3.41. The minimum Gasteiger partial charge on any atom is -0.340 e. The van der Waals surface area contributed by atoms with Gasteiger partial charge in [0.25, 0.3) is 0 Å². The van der Waals surface area contributed by atoms with Gasteiger partial charge in [0.15, 0.2) is 0 Å². The number of aromatic nitrogens is 1. The molecule has 27 heavy (non-hydrogen) atoms. The smallest absolute Gasteiger partial charge is 0.243 e. The lowest BCUT2D eigenvalue weighted by Crippen LogP contribution is -2.27. The Morgan fingerprint density at radius 3 is 2.63 bits per heavy atom. The van der Waals surface area contributed by atoms with Gasteiger partial charge in [-0.3, -0.25) is 0 Å². The first-order chi connectivity index (χ1) is 13.1. The standard InChI is InChI=1S/C21H23N3O2S/c1-2-16-6-5-7-18(14-16)22-21-11-8-17-15-19(9-10-20(17)23-21)27(25,26)24-12-3-4-13-24/h5-11,14-15H,2-4,12-13H2,1H3,(H,22,23). The summed E-state index contributed by atoms with van der Waals surface area (Å²) in [5, 5.41) is 4.15. The van der Waals surface area contributed by atoms with Crippen LogP contribution in [0.1, 0.15) is 25.3 Å². The van der Waals surface area contributed by atoms with Crippen molar-refractivity contribution in [3.8, 4) is 0 Å². The molecule has 0 atom stereocenters. The maximum absolute atomic E-state index is 12.7. The summed E-state index contributed by atoms with van der Waals surface area (Å²) >= 11 is 0. The second-order valence-electron chi connectivity index (χ2n) is 6.84. The first-order valence-corrected chi connectivity index (χ1v) is 10.8. The molecule has 2 aromatic carbocycles. The fraction of sp³-hybridized carbons (Fsp3) is 0.286. The highest BCUT2D eigenvalue weighted by molar-refractivity contribution is 7.89. The number of rotatable bonds is 5. The van der Waals surface area contributed by atoms with E-state index in [9.17, 15) is 8.42 Å². The molecule has 0 saturated carbocycles. The SMILES string of the molecule is CCc1cccc(Nc2ccc3cc(S(=O)(=O)N4CCCC4)ccc3n2)c1. The highest BCUT2D eigenvalue weighted by Crippen LogP contribution is 2.25. The molecule has 6 heteroatoms. The lowest BCUT2D eigenvalue weighted by molar-refractivity contribution is 0.477. The fourth-order valence-electron chi connectivity index (χ4n) is 3.43. The number of pyridine rings is 1. The van der Waals surface area contributed by atoms with E-state index in [4.69, 9.17) is 0 Å². The Morgan fingerprint density at radius 1 is 1.04 bits per heavy atom. The first-order valence-electron chi connectivity index (χ1n) is 9.33. The van der Waals surface area contributed by atoms with Crippen LogP contribution in [0.25, 0.3) is 10.9 Å². The molecule has 1 aliphatic rings. The van der Waals surface area contributed by atoms with Crippen molar-refractivity contribution in [1.29, 1.82) is 0 Å². The summed E-state index contributed by atoms with van der Waals surface area (Å²) in [4.78, 5) is 4.97. The zero-order chi connectivity index (χ0) is 18.9. The van der Waals surface area contributed by atoms with Crippen molar-refractivity contribution in [2.75, 3.05) is 18.4 Å². The quantitative estimate of drug-likeness (QED) is 0.715. The molecular weight excluding hydrogens is 358 g/mol. The Labute approximate surface area is 160 Å². The number of sulfonamides is 1. The predicted octanol–water partition coefficient (Wildman–Crippen LogP) is 4.33. The molecule has 0 bridgehead atoms. The van der Waals surface area contributed by atoms with Crippen LogP contribution in [-0.2, 0) is 16.4 Å². The van der Waals surface area contributed by atoms with E-state index in [1.165, 1.54) is 5.56 Å². The maximum atomic E-state index is 12.7. The molecular formula is C21H23N3O2S. The van der Waals surface area contributed by atoms with Crippen LogP contribution in [0.15, 0.2) is 59.5 Å². The monoisotopic (exact) mass is 381 g/mol. The third-order valence-corrected chi connectivity index (χ3v) is 6.87. The lowest BCUT2D eigenvalue weighted by atomic mass is 10.1. The van der Waals surface area contributed by atoms with Crippen LogP contribution in [0.2, 0.25) is 0 Å². The number of hydrogen-bond donors (Lipinski definition) is 1. The molecule has 0 spiro atoms. The van der Waals surface area contributed by atoms with Gasteiger partial charge in [0.05, 0.1) is 10.4 Å². The van der Waals surface area contributed by atoms with E-state index in [0.717, 1.165) is 41.7 Å². The molecule has 1 aromatic heterocycles. The summed E-state index contributed by atoms with van der Waals surface area (Å²) in [6.45, 7) is 3.35. The van der Waals surface area contributed by atoms with E-state index in [-0.39, 0.29) is 0 Å². The first kappa shape index (κ1) is 17.9. The van der Waals surface area contributed by atoms with E-state index in [1.54, 1.807) is 22.5 Å². The Balaban J connectivity index is 1.62. The Bertz CT molecular complexity index is 1070. The van der Waals surface area contributed by atoms with Crippen LogP contribution >= 0.6 is 0 Å².